The summed E-state index contributed by atoms with van der Waals surface area (Å²) in [4.78, 5) is 24.0. The van der Waals surface area contributed by atoms with E-state index >= 15 is 0 Å². The summed E-state index contributed by atoms with van der Waals surface area (Å²) in [6.07, 6.45) is 0.0801. The van der Waals surface area contributed by atoms with Crippen molar-refractivity contribution in [3.63, 3.8) is 0 Å². The Morgan fingerprint density at radius 3 is 2.36 bits per heavy atom. The molecule has 0 aromatic heterocycles. The molecule has 2 aromatic carbocycles. The van der Waals surface area contributed by atoms with E-state index in [1.54, 1.807) is 18.2 Å². The van der Waals surface area contributed by atoms with Gasteiger partial charge in [0.1, 0.15) is 0 Å². The van der Waals surface area contributed by atoms with Gasteiger partial charge in [-0.1, -0.05) is 42.5 Å². The topological polar surface area (TPSA) is 55.4 Å². The monoisotopic (exact) mass is 361 g/mol. The van der Waals surface area contributed by atoms with Crippen LogP contribution in [0.1, 0.15) is 28.4 Å². The number of halogens is 1. The van der Waals surface area contributed by atoms with E-state index in [4.69, 9.17) is 4.74 Å². The van der Waals surface area contributed by atoms with Crippen molar-refractivity contribution >= 4 is 27.8 Å². The van der Waals surface area contributed by atoms with Gasteiger partial charge in [0.2, 0.25) is 0 Å². The fraction of sp³-hybridized carbons (Fsp3) is 0.176. The van der Waals surface area contributed by atoms with E-state index in [0.29, 0.717) is 10.0 Å². The number of amides is 1. The number of nitrogens with one attached hydrogen (secondary N) is 1. The molecular weight excluding hydrogens is 346 g/mol. The highest BCUT2D eigenvalue weighted by molar-refractivity contribution is 9.10. The van der Waals surface area contributed by atoms with Crippen LogP contribution < -0.4 is 5.32 Å². The molecule has 1 amide bonds. The number of carbonyl (C=O) groups is 2. The van der Waals surface area contributed by atoms with Crippen molar-refractivity contribution in [3.05, 3.63) is 70.2 Å². The van der Waals surface area contributed by atoms with Gasteiger partial charge in [0.05, 0.1) is 25.1 Å². The Morgan fingerprint density at radius 2 is 1.73 bits per heavy atom. The molecule has 4 nitrogen and oxygen atoms in total. The van der Waals surface area contributed by atoms with Crippen LogP contribution >= 0.6 is 15.9 Å². The molecule has 0 heterocycles. The molecule has 0 aliphatic heterocycles. The summed E-state index contributed by atoms with van der Waals surface area (Å²) in [5.41, 5.74) is 1.38. The maximum atomic E-state index is 12.4. The predicted molar refractivity (Wildman–Crippen MR) is 87.4 cm³/mol. The van der Waals surface area contributed by atoms with Gasteiger partial charge in [0, 0.05) is 4.47 Å². The highest BCUT2D eigenvalue weighted by atomic mass is 79.9. The molecule has 22 heavy (non-hydrogen) atoms. The predicted octanol–water partition coefficient (Wildman–Crippen LogP) is 3.48. The van der Waals surface area contributed by atoms with Gasteiger partial charge in [-0.05, 0) is 33.6 Å². The lowest BCUT2D eigenvalue weighted by Crippen LogP contribution is -2.30. The minimum absolute atomic E-state index is 0.0801. The highest BCUT2D eigenvalue weighted by Crippen LogP contribution is 2.20. The molecule has 0 saturated heterocycles. The average Bonchev–Trinajstić information content (AvgIpc) is 2.55. The van der Waals surface area contributed by atoms with E-state index < -0.39 is 6.04 Å². The number of hydrogen-bond acceptors (Lipinski definition) is 3. The van der Waals surface area contributed by atoms with Crippen LogP contribution in [0, 0.1) is 0 Å². The van der Waals surface area contributed by atoms with Crippen LogP contribution in [0.3, 0.4) is 0 Å². The van der Waals surface area contributed by atoms with Crippen molar-refractivity contribution in [2.45, 2.75) is 12.5 Å². The van der Waals surface area contributed by atoms with Crippen molar-refractivity contribution in [2.24, 2.45) is 0 Å². The summed E-state index contributed by atoms with van der Waals surface area (Å²) >= 11 is 3.36. The summed E-state index contributed by atoms with van der Waals surface area (Å²) < 4.78 is 5.42. The van der Waals surface area contributed by atoms with E-state index in [0.717, 1.165) is 5.56 Å². The molecular formula is C17H16BrNO3. The number of esters is 1. The number of hydrogen-bond donors (Lipinski definition) is 1. The lowest BCUT2D eigenvalue weighted by molar-refractivity contribution is -0.141. The van der Waals surface area contributed by atoms with Gasteiger partial charge in [-0.15, -0.1) is 0 Å². The molecule has 0 fully saturated rings. The average molecular weight is 362 g/mol. The van der Waals surface area contributed by atoms with Gasteiger partial charge >= 0.3 is 5.97 Å². The Labute approximate surface area is 137 Å². The van der Waals surface area contributed by atoms with Gasteiger partial charge in [0.15, 0.2) is 0 Å². The first-order valence-electron chi connectivity index (χ1n) is 6.79. The highest BCUT2D eigenvalue weighted by Gasteiger charge is 2.20. The van der Waals surface area contributed by atoms with E-state index in [1.807, 2.05) is 36.4 Å². The van der Waals surface area contributed by atoms with E-state index in [9.17, 15) is 9.59 Å². The molecule has 0 aliphatic carbocycles. The van der Waals surface area contributed by atoms with Gasteiger partial charge < -0.3 is 10.1 Å². The lowest BCUT2D eigenvalue weighted by atomic mass is 10.0. The van der Waals surface area contributed by atoms with Gasteiger partial charge in [0.25, 0.3) is 5.91 Å². The molecule has 0 spiro atoms. The van der Waals surface area contributed by atoms with Crippen LogP contribution in [-0.2, 0) is 9.53 Å². The molecule has 2 aromatic rings. The van der Waals surface area contributed by atoms with Gasteiger partial charge in [-0.25, -0.2) is 0 Å². The van der Waals surface area contributed by atoms with E-state index in [1.165, 1.54) is 7.11 Å². The summed E-state index contributed by atoms with van der Waals surface area (Å²) in [5.74, 6) is -0.619. The fourth-order valence-corrected chi connectivity index (χ4v) is 2.53. The molecule has 5 heteroatoms. The molecule has 1 unspecified atom stereocenters. The summed E-state index contributed by atoms with van der Waals surface area (Å²) in [5, 5.41) is 2.89. The number of benzene rings is 2. The molecule has 1 atom stereocenters. The van der Waals surface area contributed by atoms with Crippen LogP contribution in [0.4, 0.5) is 0 Å². The summed E-state index contributed by atoms with van der Waals surface area (Å²) in [6.45, 7) is 0. The Kier molecular flexibility index (Phi) is 5.72. The van der Waals surface area contributed by atoms with Crippen LogP contribution in [-0.4, -0.2) is 19.0 Å². The molecule has 0 saturated carbocycles. The molecule has 2 rings (SSSR count). The van der Waals surface area contributed by atoms with Crippen molar-refractivity contribution in [1.82, 2.24) is 5.32 Å². The minimum atomic E-state index is -0.437. The lowest BCUT2D eigenvalue weighted by Gasteiger charge is -2.18. The van der Waals surface area contributed by atoms with Crippen LogP contribution in [0.5, 0.6) is 0 Å². The second-order valence-corrected chi connectivity index (χ2v) is 5.55. The van der Waals surface area contributed by atoms with Crippen molar-refractivity contribution in [1.29, 1.82) is 0 Å². The zero-order chi connectivity index (χ0) is 15.9. The maximum absolute atomic E-state index is 12.4. The second-order valence-electron chi connectivity index (χ2n) is 4.70. The Hall–Kier alpha value is -2.14. The van der Waals surface area contributed by atoms with Crippen molar-refractivity contribution in [3.8, 4) is 0 Å². The molecule has 0 bridgehead atoms. The Morgan fingerprint density at radius 1 is 1.09 bits per heavy atom. The number of ether oxygens (including phenoxy) is 1. The minimum Gasteiger partial charge on any atom is -0.469 e. The van der Waals surface area contributed by atoms with E-state index in [2.05, 4.69) is 21.2 Å². The first-order chi connectivity index (χ1) is 10.6. The number of carbonyl (C=O) groups excluding carboxylic acids is 2. The molecule has 0 radical (unpaired) electrons. The van der Waals surface area contributed by atoms with E-state index in [-0.39, 0.29) is 18.3 Å². The first-order valence-corrected chi connectivity index (χ1v) is 7.58. The van der Waals surface area contributed by atoms with Crippen LogP contribution in [0.2, 0.25) is 0 Å². The van der Waals surface area contributed by atoms with Crippen molar-refractivity contribution in [2.75, 3.05) is 7.11 Å². The SMILES string of the molecule is COC(=O)CC(NC(=O)c1ccccc1Br)c1ccccc1. The Balaban J connectivity index is 2.21. The maximum Gasteiger partial charge on any atom is 0.307 e. The van der Waals surface area contributed by atoms with Gasteiger partial charge in [-0.2, -0.15) is 0 Å². The smallest absolute Gasteiger partial charge is 0.307 e. The quantitative estimate of drug-likeness (QED) is 0.829. The van der Waals surface area contributed by atoms with Gasteiger partial charge in [-0.3, -0.25) is 9.59 Å². The fourth-order valence-electron chi connectivity index (χ4n) is 2.07. The third kappa shape index (κ3) is 4.18. The summed E-state index contributed by atoms with van der Waals surface area (Å²) in [6, 6.07) is 16.1. The first kappa shape index (κ1) is 16.2. The van der Waals surface area contributed by atoms with Crippen LogP contribution in [0.15, 0.2) is 59.1 Å². The standard InChI is InChI=1S/C17H16BrNO3/c1-22-16(20)11-15(12-7-3-2-4-8-12)19-17(21)13-9-5-6-10-14(13)18/h2-10,15H,11H2,1H3,(H,19,21). The zero-order valence-electron chi connectivity index (χ0n) is 12.1. The third-order valence-corrected chi connectivity index (χ3v) is 3.92. The molecule has 114 valence electrons. The largest absolute Gasteiger partial charge is 0.469 e. The molecule has 1 N–H and O–H groups in total. The third-order valence-electron chi connectivity index (χ3n) is 3.22. The normalized spacial score (nSPS) is 11.5. The molecule has 0 aliphatic rings. The number of rotatable bonds is 5. The Bertz CT molecular complexity index is 658. The zero-order valence-corrected chi connectivity index (χ0v) is 13.7. The number of methoxy groups -OCH3 is 1. The van der Waals surface area contributed by atoms with Crippen LogP contribution in [0.25, 0.3) is 0 Å². The summed E-state index contributed by atoms with van der Waals surface area (Å²) in [7, 11) is 1.33. The second kappa shape index (κ2) is 7.75. The van der Waals surface area contributed by atoms with Crippen molar-refractivity contribution < 1.29 is 14.3 Å².